The summed E-state index contributed by atoms with van der Waals surface area (Å²) >= 11 is 1.92. The molecule has 0 aliphatic rings. The minimum Gasteiger partial charge on any atom is -0.366 e. The third kappa shape index (κ3) is 4.09. The fraction of sp³-hybridized carbons (Fsp3) is 0.208. The molecule has 0 N–H and O–H groups in total. The van der Waals surface area contributed by atoms with Crippen LogP contribution >= 0.6 is 11.8 Å². The molecule has 0 unspecified atom stereocenters. The van der Waals surface area contributed by atoms with Crippen molar-refractivity contribution in [3.63, 3.8) is 0 Å². The van der Waals surface area contributed by atoms with Crippen LogP contribution < -0.4 is 0 Å². The van der Waals surface area contributed by atoms with E-state index in [-0.39, 0.29) is 4.75 Å². The molecule has 0 saturated carbocycles. The van der Waals surface area contributed by atoms with Crippen molar-refractivity contribution in [1.29, 1.82) is 0 Å². The third-order valence-electron chi connectivity index (χ3n) is 4.73. The summed E-state index contributed by atoms with van der Waals surface area (Å²) < 4.78 is -0.296. The normalized spacial score (nSPS) is 12.0. The number of aliphatic imine (C=N–C) groups is 1. The molecule has 0 radical (unpaired) electrons. The summed E-state index contributed by atoms with van der Waals surface area (Å²) in [5.74, 6) is 1.90. The monoisotopic (exact) mass is 374 g/mol. The smallest absolute Gasteiger partial charge is 0.108 e. The van der Waals surface area contributed by atoms with Crippen molar-refractivity contribution >= 4 is 17.6 Å². The molecule has 138 valence electrons. The zero-order valence-corrected chi connectivity index (χ0v) is 17.0. The largest absolute Gasteiger partial charge is 0.366 e. The minimum atomic E-state index is -0.296. The second-order valence-corrected chi connectivity index (χ2v) is 7.79. The van der Waals surface area contributed by atoms with Gasteiger partial charge in [-0.05, 0) is 16.7 Å². The van der Waals surface area contributed by atoms with Crippen molar-refractivity contribution in [2.24, 2.45) is 4.99 Å². The number of amidine groups is 1. The SMILES string of the molecule is CN=C(CSC(c1ccccc1)(c1ccccc1)c1ccccc1)N(C)C. The molecule has 0 amide bonds. The molecule has 0 fully saturated rings. The topological polar surface area (TPSA) is 15.6 Å². The lowest BCUT2D eigenvalue weighted by molar-refractivity contribution is 0.618. The van der Waals surface area contributed by atoms with Gasteiger partial charge >= 0.3 is 0 Å². The van der Waals surface area contributed by atoms with Crippen LogP contribution in [0.4, 0.5) is 0 Å². The van der Waals surface area contributed by atoms with E-state index in [2.05, 4.69) is 115 Å². The molecular formula is C24H26N2S. The van der Waals surface area contributed by atoms with Crippen LogP contribution in [0.3, 0.4) is 0 Å². The molecule has 0 atom stereocenters. The van der Waals surface area contributed by atoms with Gasteiger partial charge in [-0.1, -0.05) is 91.0 Å². The van der Waals surface area contributed by atoms with Crippen LogP contribution in [-0.4, -0.2) is 37.6 Å². The maximum absolute atomic E-state index is 4.49. The highest BCUT2D eigenvalue weighted by molar-refractivity contribution is 8.01. The van der Waals surface area contributed by atoms with Gasteiger partial charge in [-0.25, -0.2) is 0 Å². The van der Waals surface area contributed by atoms with Crippen molar-refractivity contribution in [3.05, 3.63) is 108 Å². The molecule has 0 aliphatic carbocycles. The van der Waals surface area contributed by atoms with E-state index >= 15 is 0 Å². The summed E-state index contributed by atoms with van der Waals surface area (Å²) in [7, 11) is 5.97. The Morgan fingerprint density at radius 2 is 1.11 bits per heavy atom. The zero-order valence-electron chi connectivity index (χ0n) is 16.2. The third-order valence-corrected chi connectivity index (χ3v) is 6.28. The average molecular weight is 375 g/mol. The highest BCUT2D eigenvalue weighted by Gasteiger charge is 2.37. The minimum absolute atomic E-state index is 0.296. The summed E-state index contributed by atoms with van der Waals surface area (Å²) in [5, 5.41) is 0. The van der Waals surface area contributed by atoms with Gasteiger partial charge in [-0.2, -0.15) is 0 Å². The molecule has 3 aromatic carbocycles. The highest BCUT2D eigenvalue weighted by atomic mass is 32.2. The van der Waals surface area contributed by atoms with E-state index in [1.54, 1.807) is 0 Å². The standard InChI is InChI=1S/C24H26N2S/c1-25-23(26(2)3)19-27-24(20-13-7-4-8-14-20,21-15-9-5-10-16-21)22-17-11-6-12-18-22/h4-18H,19H2,1-3H3. The predicted octanol–water partition coefficient (Wildman–Crippen LogP) is 5.30. The van der Waals surface area contributed by atoms with Gasteiger partial charge in [-0.15, -0.1) is 11.8 Å². The second-order valence-electron chi connectivity index (χ2n) is 6.60. The predicted molar refractivity (Wildman–Crippen MR) is 119 cm³/mol. The van der Waals surface area contributed by atoms with Crippen LogP contribution in [0.25, 0.3) is 0 Å². The van der Waals surface area contributed by atoms with E-state index in [1.807, 2.05) is 18.8 Å². The number of rotatable bonds is 6. The van der Waals surface area contributed by atoms with Gasteiger partial charge in [0.25, 0.3) is 0 Å². The zero-order chi connectivity index (χ0) is 19.1. The van der Waals surface area contributed by atoms with Crippen molar-refractivity contribution in [3.8, 4) is 0 Å². The van der Waals surface area contributed by atoms with E-state index < -0.39 is 0 Å². The van der Waals surface area contributed by atoms with Crippen LogP contribution in [0.2, 0.25) is 0 Å². The van der Waals surface area contributed by atoms with Gasteiger partial charge in [0.1, 0.15) is 5.84 Å². The molecule has 0 bridgehead atoms. The lowest BCUT2D eigenvalue weighted by atomic mass is 9.84. The fourth-order valence-corrected chi connectivity index (χ4v) is 4.98. The first-order valence-corrected chi connectivity index (χ1v) is 10.1. The van der Waals surface area contributed by atoms with Crippen molar-refractivity contribution in [1.82, 2.24) is 4.90 Å². The first-order valence-electron chi connectivity index (χ1n) is 9.12. The molecule has 2 nitrogen and oxygen atoms in total. The fourth-order valence-electron chi connectivity index (χ4n) is 3.34. The lowest BCUT2D eigenvalue weighted by Gasteiger charge is -2.36. The Balaban J connectivity index is 2.20. The van der Waals surface area contributed by atoms with Crippen molar-refractivity contribution in [2.75, 3.05) is 26.9 Å². The van der Waals surface area contributed by atoms with Crippen molar-refractivity contribution in [2.45, 2.75) is 4.75 Å². The van der Waals surface area contributed by atoms with E-state index in [1.165, 1.54) is 16.7 Å². The molecular weight excluding hydrogens is 348 g/mol. The van der Waals surface area contributed by atoms with E-state index in [0.717, 1.165) is 11.6 Å². The van der Waals surface area contributed by atoms with Crippen LogP contribution in [0, 0.1) is 0 Å². The van der Waals surface area contributed by atoms with Crippen LogP contribution in [0.15, 0.2) is 96.0 Å². The van der Waals surface area contributed by atoms with Gasteiger partial charge in [0.2, 0.25) is 0 Å². The number of benzene rings is 3. The Hall–Kier alpha value is -2.52. The van der Waals surface area contributed by atoms with Gasteiger partial charge < -0.3 is 4.90 Å². The average Bonchev–Trinajstić information content (AvgIpc) is 2.73. The van der Waals surface area contributed by atoms with Gasteiger partial charge in [0, 0.05) is 21.1 Å². The van der Waals surface area contributed by atoms with Gasteiger partial charge in [0.05, 0.1) is 10.5 Å². The van der Waals surface area contributed by atoms with Crippen molar-refractivity contribution < 1.29 is 0 Å². The number of thioether (sulfide) groups is 1. The number of hydrogen-bond donors (Lipinski definition) is 0. The molecule has 0 heterocycles. The van der Waals surface area contributed by atoms with E-state index in [9.17, 15) is 0 Å². The Morgan fingerprint density at radius 3 is 1.41 bits per heavy atom. The molecule has 0 saturated heterocycles. The highest BCUT2D eigenvalue weighted by Crippen LogP contribution is 2.48. The first kappa shape index (κ1) is 19.2. The summed E-state index contributed by atoms with van der Waals surface area (Å²) in [6.45, 7) is 0. The number of nitrogens with zero attached hydrogens (tertiary/aromatic N) is 2. The van der Waals surface area contributed by atoms with E-state index in [0.29, 0.717) is 0 Å². The summed E-state index contributed by atoms with van der Waals surface area (Å²) in [5.41, 5.74) is 3.84. The molecule has 3 rings (SSSR count). The molecule has 27 heavy (non-hydrogen) atoms. The Morgan fingerprint density at radius 1 is 0.741 bits per heavy atom. The molecule has 0 spiro atoms. The van der Waals surface area contributed by atoms with Crippen LogP contribution in [0.5, 0.6) is 0 Å². The summed E-state index contributed by atoms with van der Waals surface area (Å²) in [6.07, 6.45) is 0. The quantitative estimate of drug-likeness (QED) is 0.330. The maximum atomic E-state index is 4.49. The van der Waals surface area contributed by atoms with Gasteiger partial charge in [-0.3, -0.25) is 4.99 Å². The van der Waals surface area contributed by atoms with Crippen LogP contribution in [-0.2, 0) is 4.75 Å². The van der Waals surface area contributed by atoms with Gasteiger partial charge in [0.15, 0.2) is 0 Å². The second kappa shape index (κ2) is 8.92. The first-order chi connectivity index (χ1) is 13.2. The van der Waals surface area contributed by atoms with Crippen LogP contribution in [0.1, 0.15) is 16.7 Å². The molecule has 0 aromatic heterocycles. The summed E-state index contributed by atoms with van der Waals surface area (Å²) in [6, 6.07) is 32.3. The van der Waals surface area contributed by atoms with E-state index in [4.69, 9.17) is 0 Å². The molecule has 3 heteroatoms. The Labute approximate surface area is 167 Å². The maximum Gasteiger partial charge on any atom is 0.108 e. The Bertz CT molecular complexity index is 762. The molecule has 3 aromatic rings. The lowest BCUT2D eigenvalue weighted by Crippen LogP contribution is -2.30. The number of hydrogen-bond acceptors (Lipinski definition) is 2. The Kier molecular flexibility index (Phi) is 6.36. The summed E-state index contributed by atoms with van der Waals surface area (Å²) in [4.78, 5) is 6.59. The molecule has 0 aliphatic heterocycles.